The average molecular weight is 215 g/mol. The molecule has 84 valence electrons. The number of benzene rings is 1. The van der Waals surface area contributed by atoms with Crippen LogP contribution in [-0.4, -0.2) is 26.2 Å². The zero-order valence-corrected chi connectivity index (χ0v) is 8.46. The highest BCUT2D eigenvalue weighted by molar-refractivity contribution is 5.42. The van der Waals surface area contributed by atoms with Gasteiger partial charge in [0.25, 0.3) is 6.43 Å². The quantitative estimate of drug-likeness (QED) is 0.706. The summed E-state index contributed by atoms with van der Waals surface area (Å²) in [6.45, 7) is 0.628. The van der Waals surface area contributed by atoms with E-state index in [2.05, 4.69) is 5.32 Å². The van der Waals surface area contributed by atoms with Crippen LogP contribution in [-0.2, 0) is 4.74 Å². The zero-order valence-electron chi connectivity index (χ0n) is 8.46. The Bertz CT molecular complexity index is 254. The lowest BCUT2D eigenvalue weighted by Crippen LogP contribution is -2.09. The lowest BCUT2D eigenvalue weighted by molar-refractivity contribution is 0.0175. The van der Waals surface area contributed by atoms with Gasteiger partial charge >= 0.3 is 0 Å². The molecule has 15 heavy (non-hydrogen) atoms. The Morgan fingerprint density at radius 2 is 1.93 bits per heavy atom. The Labute approximate surface area is 88.3 Å². The maximum atomic E-state index is 11.7. The molecule has 2 nitrogen and oxygen atoms in total. The summed E-state index contributed by atoms with van der Waals surface area (Å²) in [6.07, 6.45) is -1.64. The fraction of sp³-hybridized carbons (Fsp3) is 0.455. The molecule has 0 amide bonds. The Morgan fingerprint density at radius 3 is 2.60 bits per heavy atom. The van der Waals surface area contributed by atoms with Crippen LogP contribution in [0.5, 0.6) is 0 Å². The monoisotopic (exact) mass is 215 g/mol. The molecule has 1 aromatic rings. The molecule has 0 aliphatic carbocycles. The number of halogens is 2. The van der Waals surface area contributed by atoms with E-state index in [1.807, 2.05) is 30.3 Å². The van der Waals surface area contributed by atoms with E-state index < -0.39 is 13.0 Å². The van der Waals surface area contributed by atoms with E-state index >= 15 is 0 Å². The van der Waals surface area contributed by atoms with Gasteiger partial charge in [-0.05, 0) is 18.6 Å². The van der Waals surface area contributed by atoms with Crippen LogP contribution in [0.25, 0.3) is 0 Å². The first-order valence-electron chi connectivity index (χ1n) is 4.94. The second-order valence-electron chi connectivity index (χ2n) is 3.11. The van der Waals surface area contributed by atoms with Crippen molar-refractivity contribution in [2.24, 2.45) is 0 Å². The standard InChI is InChI=1S/C11H15F2NO/c12-11(13)9-15-8-4-7-14-10-5-2-1-3-6-10/h1-3,5-6,11,14H,4,7-9H2. The predicted octanol–water partition coefficient (Wildman–Crippen LogP) is 2.77. The van der Waals surface area contributed by atoms with Gasteiger partial charge in [0, 0.05) is 18.8 Å². The molecule has 0 aromatic heterocycles. The molecule has 0 saturated heterocycles. The number of nitrogens with one attached hydrogen (secondary N) is 1. The largest absolute Gasteiger partial charge is 0.385 e. The molecular weight excluding hydrogens is 200 g/mol. The van der Waals surface area contributed by atoms with Gasteiger partial charge < -0.3 is 10.1 Å². The summed E-state index contributed by atoms with van der Waals surface area (Å²) in [5.41, 5.74) is 1.03. The fourth-order valence-corrected chi connectivity index (χ4v) is 1.14. The first-order valence-corrected chi connectivity index (χ1v) is 4.94. The second kappa shape index (κ2) is 7.17. The predicted molar refractivity (Wildman–Crippen MR) is 56.4 cm³/mol. The number of hydrogen-bond donors (Lipinski definition) is 1. The maximum Gasteiger partial charge on any atom is 0.261 e. The normalized spacial score (nSPS) is 10.6. The molecule has 0 aliphatic rings. The molecule has 0 radical (unpaired) electrons. The molecular formula is C11H15F2NO. The summed E-state index contributed by atoms with van der Waals surface area (Å²) in [5, 5.41) is 3.17. The fourth-order valence-electron chi connectivity index (χ4n) is 1.14. The van der Waals surface area contributed by atoms with Gasteiger partial charge in [0.05, 0.1) is 0 Å². The first-order chi connectivity index (χ1) is 7.29. The van der Waals surface area contributed by atoms with Crippen molar-refractivity contribution in [3.05, 3.63) is 30.3 Å². The summed E-state index contributed by atoms with van der Waals surface area (Å²) in [4.78, 5) is 0. The van der Waals surface area contributed by atoms with Crippen LogP contribution in [0.15, 0.2) is 30.3 Å². The summed E-state index contributed by atoms with van der Waals surface area (Å²) in [5.74, 6) is 0. The first kappa shape index (κ1) is 11.9. The van der Waals surface area contributed by atoms with Gasteiger partial charge in [-0.15, -0.1) is 0 Å². The third kappa shape index (κ3) is 6.01. The molecule has 0 atom stereocenters. The zero-order chi connectivity index (χ0) is 10.9. The molecule has 4 heteroatoms. The van der Waals surface area contributed by atoms with Crippen molar-refractivity contribution in [1.82, 2.24) is 0 Å². The SMILES string of the molecule is FC(F)COCCCNc1ccccc1. The van der Waals surface area contributed by atoms with E-state index in [0.717, 1.165) is 18.7 Å². The Balaban J connectivity index is 1.98. The van der Waals surface area contributed by atoms with Crippen LogP contribution in [0, 0.1) is 0 Å². The molecule has 1 aromatic carbocycles. The number of rotatable bonds is 7. The Morgan fingerprint density at radius 1 is 1.20 bits per heavy atom. The van der Waals surface area contributed by atoms with Gasteiger partial charge in [-0.2, -0.15) is 0 Å². The third-order valence-electron chi connectivity index (χ3n) is 1.81. The van der Waals surface area contributed by atoms with Crippen molar-refractivity contribution in [2.45, 2.75) is 12.8 Å². The van der Waals surface area contributed by atoms with Crippen molar-refractivity contribution in [2.75, 3.05) is 25.1 Å². The second-order valence-corrected chi connectivity index (χ2v) is 3.11. The van der Waals surface area contributed by atoms with E-state index in [-0.39, 0.29) is 0 Å². The highest BCUT2D eigenvalue weighted by Gasteiger charge is 2.00. The van der Waals surface area contributed by atoms with E-state index in [1.54, 1.807) is 0 Å². The minimum absolute atomic E-state index is 0.365. The maximum absolute atomic E-state index is 11.7. The summed E-state index contributed by atoms with van der Waals surface area (Å²) in [7, 11) is 0. The van der Waals surface area contributed by atoms with Gasteiger partial charge in [0.15, 0.2) is 0 Å². The number of para-hydroxylation sites is 1. The molecule has 0 heterocycles. The molecule has 0 fully saturated rings. The average Bonchev–Trinajstić information content (AvgIpc) is 2.24. The highest BCUT2D eigenvalue weighted by atomic mass is 19.3. The minimum atomic E-state index is -2.37. The Kier molecular flexibility index (Phi) is 5.70. The molecule has 1 N–H and O–H groups in total. The van der Waals surface area contributed by atoms with E-state index in [9.17, 15) is 8.78 Å². The van der Waals surface area contributed by atoms with Crippen LogP contribution in [0.3, 0.4) is 0 Å². The number of hydrogen-bond acceptors (Lipinski definition) is 2. The van der Waals surface area contributed by atoms with E-state index in [4.69, 9.17) is 4.74 Å². The van der Waals surface area contributed by atoms with Crippen molar-refractivity contribution in [3.8, 4) is 0 Å². The van der Waals surface area contributed by atoms with E-state index in [0.29, 0.717) is 6.61 Å². The Hall–Kier alpha value is -1.16. The van der Waals surface area contributed by atoms with Gasteiger partial charge in [0.2, 0.25) is 0 Å². The minimum Gasteiger partial charge on any atom is -0.385 e. The van der Waals surface area contributed by atoms with Crippen LogP contribution in [0.1, 0.15) is 6.42 Å². The number of ether oxygens (including phenoxy) is 1. The van der Waals surface area contributed by atoms with E-state index in [1.165, 1.54) is 0 Å². The lowest BCUT2D eigenvalue weighted by atomic mass is 10.3. The summed E-state index contributed by atoms with van der Waals surface area (Å²) >= 11 is 0. The smallest absolute Gasteiger partial charge is 0.261 e. The molecule has 0 spiro atoms. The van der Waals surface area contributed by atoms with Gasteiger partial charge in [0.1, 0.15) is 6.61 Å². The summed E-state index contributed by atoms with van der Waals surface area (Å²) < 4.78 is 28.1. The number of alkyl halides is 2. The lowest BCUT2D eigenvalue weighted by Gasteiger charge is -2.06. The van der Waals surface area contributed by atoms with Crippen molar-refractivity contribution in [1.29, 1.82) is 0 Å². The van der Waals surface area contributed by atoms with Crippen LogP contribution < -0.4 is 5.32 Å². The van der Waals surface area contributed by atoms with Gasteiger partial charge in [-0.25, -0.2) is 8.78 Å². The van der Waals surface area contributed by atoms with Crippen molar-refractivity contribution >= 4 is 5.69 Å². The van der Waals surface area contributed by atoms with Gasteiger partial charge in [-0.3, -0.25) is 0 Å². The highest BCUT2D eigenvalue weighted by Crippen LogP contribution is 2.04. The topological polar surface area (TPSA) is 21.3 Å². The molecule has 0 aliphatic heterocycles. The van der Waals surface area contributed by atoms with Crippen LogP contribution in [0.4, 0.5) is 14.5 Å². The van der Waals surface area contributed by atoms with Gasteiger partial charge in [-0.1, -0.05) is 18.2 Å². The third-order valence-corrected chi connectivity index (χ3v) is 1.81. The van der Waals surface area contributed by atoms with Crippen LogP contribution in [0.2, 0.25) is 0 Å². The molecule has 0 unspecified atom stereocenters. The van der Waals surface area contributed by atoms with Crippen molar-refractivity contribution in [3.63, 3.8) is 0 Å². The van der Waals surface area contributed by atoms with Crippen molar-refractivity contribution < 1.29 is 13.5 Å². The summed E-state index contributed by atoms with van der Waals surface area (Å²) in [6, 6.07) is 9.74. The molecule has 0 bridgehead atoms. The number of anilines is 1. The molecule has 0 saturated carbocycles. The van der Waals surface area contributed by atoms with Crippen LogP contribution >= 0.6 is 0 Å². The molecule has 1 rings (SSSR count).